The van der Waals surface area contributed by atoms with Crippen LogP contribution in [0.25, 0.3) is 0 Å². The number of rotatable bonds is 8. The van der Waals surface area contributed by atoms with Crippen LogP contribution in [0, 0.1) is 0 Å². The van der Waals surface area contributed by atoms with Crippen LogP contribution >= 0.6 is 11.8 Å². The van der Waals surface area contributed by atoms with Gasteiger partial charge in [0.25, 0.3) is 0 Å². The number of hydrogen-bond acceptors (Lipinski definition) is 3. The van der Waals surface area contributed by atoms with E-state index in [1.54, 1.807) is 11.8 Å². The quantitative estimate of drug-likeness (QED) is 0.682. The topological polar surface area (TPSA) is 18.5 Å². The van der Waals surface area contributed by atoms with Crippen LogP contribution in [0.1, 0.15) is 20.8 Å². The molecule has 0 N–H and O–H groups in total. The monoisotopic (exact) mass is 282 g/mol. The first-order chi connectivity index (χ1) is 8.71. The second kappa shape index (κ2) is 7.79. The zero-order valence-electron chi connectivity index (χ0n) is 11.4. The highest BCUT2D eigenvalue weighted by Crippen LogP contribution is 2.25. The molecule has 1 atom stereocenters. The molecule has 0 bridgehead atoms. The molecule has 0 spiro atoms. The average molecular weight is 282 g/mol. The predicted octanol–water partition coefficient (Wildman–Crippen LogP) is 3.21. The first kappa shape index (κ1) is 15.5. The molecule has 0 aliphatic carbocycles. The fraction of sp³-hybridized carbons (Fsp3) is 0.429. The maximum atomic E-state index is 6.12. The number of thioether (sulfide) groups is 1. The Morgan fingerprint density at radius 1 is 1.22 bits per heavy atom. The summed E-state index contributed by atoms with van der Waals surface area (Å²) >= 11 is 1.69. The van der Waals surface area contributed by atoms with Crippen molar-refractivity contribution in [2.24, 2.45) is 0 Å². The fourth-order valence-corrected chi connectivity index (χ4v) is 6.99. The van der Waals surface area contributed by atoms with Gasteiger partial charge in [0, 0.05) is 13.2 Å². The Hall–Kier alpha value is -0.553. The van der Waals surface area contributed by atoms with E-state index in [0.717, 1.165) is 0 Å². The molecule has 0 aromatic heterocycles. The molecule has 18 heavy (non-hydrogen) atoms. The molecule has 0 saturated heterocycles. The van der Waals surface area contributed by atoms with Crippen molar-refractivity contribution >= 4 is 25.5 Å². The van der Waals surface area contributed by atoms with Crippen LogP contribution in [0.5, 0.6) is 0 Å². The van der Waals surface area contributed by atoms with Crippen molar-refractivity contribution in [3.63, 3.8) is 0 Å². The molecule has 2 nitrogen and oxygen atoms in total. The van der Waals surface area contributed by atoms with E-state index < -0.39 is 8.56 Å². The highest BCUT2D eigenvalue weighted by atomic mass is 32.2. The van der Waals surface area contributed by atoms with Gasteiger partial charge in [-0.1, -0.05) is 43.8 Å². The molecule has 1 aromatic rings. The lowest BCUT2D eigenvalue weighted by Crippen LogP contribution is -2.60. The second-order valence-electron chi connectivity index (χ2n) is 3.84. The highest BCUT2D eigenvalue weighted by molar-refractivity contribution is 8.04. The molecular formula is C14H22O2SSi. The summed E-state index contributed by atoms with van der Waals surface area (Å²) < 4.78 is 12.2. The molecule has 0 heterocycles. The Kier molecular flexibility index (Phi) is 6.71. The van der Waals surface area contributed by atoms with E-state index in [1.807, 2.05) is 37.5 Å². The minimum Gasteiger partial charge on any atom is -0.391 e. The Morgan fingerprint density at radius 3 is 2.22 bits per heavy atom. The average Bonchev–Trinajstić information content (AvgIpc) is 2.39. The zero-order valence-corrected chi connectivity index (χ0v) is 13.2. The summed E-state index contributed by atoms with van der Waals surface area (Å²) in [5, 5.41) is 3.06. The molecule has 0 aliphatic rings. The van der Waals surface area contributed by atoms with E-state index >= 15 is 0 Å². The minimum absolute atomic E-state index is 0.275. The van der Waals surface area contributed by atoms with Gasteiger partial charge in [-0.15, -0.1) is 11.8 Å². The summed E-state index contributed by atoms with van der Waals surface area (Å²) in [4.78, 5) is 0.275. The van der Waals surface area contributed by atoms with Gasteiger partial charge in [-0.25, -0.2) is 0 Å². The SMILES string of the molecule is C=CSC(C)[Si](OCC)(OCC)c1ccccc1. The van der Waals surface area contributed by atoms with Gasteiger partial charge in [-0.05, 0) is 24.4 Å². The molecular weight excluding hydrogens is 260 g/mol. The van der Waals surface area contributed by atoms with Crippen LogP contribution in [0.3, 0.4) is 0 Å². The maximum Gasteiger partial charge on any atom is 0.386 e. The van der Waals surface area contributed by atoms with Gasteiger partial charge in [-0.3, -0.25) is 0 Å². The molecule has 100 valence electrons. The van der Waals surface area contributed by atoms with Crippen LogP contribution in [0.15, 0.2) is 42.3 Å². The lowest BCUT2D eigenvalue weighted by atomic mass is 10.4. The molecule has 1 unspecified atom stereocenters. The summed E-state index contributed by atoms with van der Waals surface area (Å²) in [7, 11) is -2.40. The molecule has 0 radical (unpaired) electrons. The third kappa shape index (κ3) is 3.48. The normalized spacial score (nSPS) is 13.3. The fourth-order valence-electron chi connectivity index (χ4n) is 2.01. The van der Waals surface area contributed by atoms with E-state index in [0.29, 0.717) is 13.2 Å². The molecule has 4 heteroatoms. The zero-order chi connectivity index (χ0) is 13.4. The van der Waals surface area contributed by atoms with Crippen molar-refractivity contribution < 1.29 is 8.85 Å². The lowest BCUT2D eigenvalue weighted by molar-refractivity contribution is 0.195. The smallest absolute Gasteiger partial charge is 0.386 e. The van der Waals surface area contributed by atoms with Crippen molar-refractivity contribution in [3.8, 4) is 0 Å². The van der Waals surface area contributed by atoms with Gasteiger partial charge in [0.2, 0.25) is 0 Å². The predicted molar refractivity (Wildman–Crippen MR) is 82.3 cm³/mol. The van der Waals surface area contributed by atoms with E-state index in [-0.39, 0.29) is 4.87 Å². The molecule has 0 fully saturated rings. The van der Waals surface area contributed by atoms with Crippen LogP contribution < -0.4 is 5.19 Å². The van der Waals surface area contributed by atoms with Crippen LogP contribution in [0.2, 0.25) is 0 Å². The molecule has 1 rings (SSSR count). The standard InChI is InChI=1S/C14H22O2SSi/c1-5-15-18(16-6-2,13(4)17-7-3)14-11-9-8-10-12-14/h7-13H,3,5-6H2,1-2,4H3. The van der Waals surface area contributed by atoms with Gasteiger partial charge < -0.3 is 8.85 Å². The van der Waals surface area contributed by atoms with Crippen molar-refractivity contribution in [3.05, 3.63) is 42.3 Å². The summed E-state index contributed by atoms with van der Waals surface area (Å²) in [6.45, 7) is 11.4. The third-order valence-electron chi connectivity index (χ3n) is 2.73. The highest BCUT2D eigenvalue weighted by Gasteiger charge is 2.45. The summed E-state index contributed by atoms with van der Waals surface area (Å²) in [6.07, 6.45) is 0. The van der Waals surface area contributed by atoms with Crippen molar-refractivity contribution in [1.29, 1.82) is 0 Å². The Labute approximate surface area is 116 Å². The first-order valence-corrected chi connectivity index (χ1v) is 9.14. The maximum absolute atomic E-state index is 6.12. The van der Waals surface area contributed by atoms with E-state index in [1.165, 1.54) is 5.19 Å². The summed E-state index contributed by atoms with van der Waals surface area (Å²) in [5.41, 5.74) is 0. The van der Waals surface area contributed by atoms with Crippen LogP contribution in [0.4, 0.5) is 0 Å². The molecule has 0 amide bonds. The molecule has 0 aliphatic heterocycles. The summed E-state index contributed by atoms with van der Waals surface area (Å²) in [5.74, 6) is 0. The lowest BCUT2D eigenvalue weighted by Gasteiger charge is -2.34. The molecule has 0 saturated carbocycles. The van der Waals surface area contributed by atoms with Crippen molar-refractivity contribution in [2.75, 3.05) is 13.2 Å². The van der Waals surface area contributed by atoms with Gasteiger partial charge in [0.15, 0.2) is 0 Å². The van der Waals surface area contributed by atoms with Gasteiger partial charge in [0.05, 0.1) is 4.87 Å². The van der Waals surface area contributed by atoms with Crippen LogP contribution in [-0.4, -0.2) is 26.6 Å². The number of hydrogen-bond donors (Lipinski definition) is 0. The van der Waals surface area contributed by atoms with Gasteiger partial charge in [0.1, 0.15) is 0 Å². The van der Waals surface area contributed by atoms with E-state index in [9.17, 15) is 0 Å². The largest absolute Gasteiger partial charge is 0.391 e. The number of benzene rings is 1. The summed E-state index contributed by atoms with van der Waals surface area (Å²) in [6, 6.07) is 10.3. The van der Waals surface area contributed by atoms with Crippen molar-refractivity contribution in [2.45, 2.75) is 25.6 Å². The Morgan fingerprint density at radius 2 is 1.78 bits per heavy atom. The first-order valence-electron chi connectivity index (χ1n) is 6.31. The van der Waals surface area contributed by atoms with Crippen LogP contribution in [-0.2, 0) is 8.85 Å². The van der Waals surface area contributed by atoms with E-state index in [2.05, 4.69) is 25.6 Å². The molecule has 1 aromatic carbocycles. The minimum atomic E-state index is -2.40. The van der Waals surface area contributed by atoms with Gasteiger partial charge >= 0.3 is 8.56 Å². The van der Waals surface area contributed by atoms with Gasteiger partial charge in [-0.2, -0.15) is 0 Å². The Balaban J connectivity index is 3.15. The third-order valence-corrected chi connectivity index (χ3v) is 8.31. The van der Waals surface area contributed by atoms with Crippen molar-refractivity contribution in [1.82, 2.24) is 0 Å². The van der Waals surface area contributed by atoms with E-state index in [4.69, 9.17) is 8.85 Å². The Bertz CT molecular complexity index is 350. The second-order valence-corrected chi connectivity index (χ2v) is 8.93.